The summed E-state index contributed by atoms with van der Waals surface area (Å²) in [5.41, 5.74) is 0.718. The van der Waals surface area contributed by atoms with E-state index in [0.717, 1.165) is 24.5 Å². The van der Waals surface area contributed by atoms with Gasteiger partial charge in [0.1, 0.15) is 0 Å². The maximum Gasteiger partial charge on any atom is 0.449 e. The second-order valence-corrected chi connectivity index (χ2v) is 4.43. The van der Waals surface area contributed by atoms with E-state index in [9.17, 15) is 18.0 Å². The molecule has 0 bridgehead atoms. The molecule has 2 rings (SSSR count). The lowest BCUT2D eigenvalue weighted by Gasteiger charge is -2.08. The molecule has 0 spiro atoms. The predicted molar refractivity (Wildman–Crippen MR) is 69.3 cm³/mol. The highest BCUT2D eigenvalue weighted by atomic mass is 19.4. The van der Waals surface area contributed by atoms with E-state index < -0.39 is 17.6 Å². The molecule has 20 heavy (non-hydrogen) atoms. The van der Waals surface area contributed by atoms with Gasteiger partial charge in [0.05, 0.1) is 5.69 Å². The molecule has 0 saturated carbocycles. The first kappa shape index (κ1) is 14.3. The van der Waals surface area contributed by atoms with Crippen LogP contribution in [0.3, 0.4) is 0 Å². The molecule has 0 fully saturated rings. The molecule has 0 saturated heterocycles. The summed E-state index contributed by atoms with van der Waals surface area (Å²) < 4.78 is 37.9. The van der Waals surface area contributed by atoms with Crippen molar-refractivity contribution in [3.63, 3.8) is 0 Å². The normalized spacial score (nSPS) is 11.6. The van der Waals surface area contributed by atoms with Gasteiger partial charge in [-0.1, -0.05) is 31.5 Å². The van der Waals surface area contributed by atoms with Crippen LogP contribution < -0.4 is 5.56 Å². The lowest BCUT2D eigenvalue weighted by Crippen LogP contribution is -2.18. The van der Waals surface area contributed by atoms with Crippen molar-refractivity contribution in [3.8, 4) is 11.3 Å². The molecule has 0 radical (unpaired) electrons. The standard InChI is InChI=1S/C14H13F3N2O/c1-2-4-9-5-3-6-10(7-9)11-8-12(20)19-13(18-11)14(15,16)17/h3,5-8H,2,4H2,1H3,(H,18,19,20). The van der Waals surface area contributed by atoms with Crippen LogP contribution in [0, 0.1) is 0 Å². The van der Waals surface area contributed by atoms with Gasteiger partial charge >= 0.3 is 6.18 Å². The van der Waals surface area contributed by atoms with Gasteiger partial charge in [0.2, 0.25) is 5.82 Å². The first-order valence-corrected chi connectivity index (χ1v) is 6.18. The van der Waals surface area contributed by atoms with Gasteiger partial charge in [-0.25, -0.2) is 4.98 Å². The lowest BCUT2D eigenvalue weighted by atomic mass is 10.0. The maximum absolute atomic E-state index is 12.6. The number of aryl methyl sites for hydroxylation is 1. The molecule has 0 aliphatic carbocycles. The summed E-state index contributed by atoms with van der Waals surface area (Å²) in [6.45, 7) is 2.01. The van der Waals surface area contributed by atoms with Crippen LogP contribution in [0.2, 0.25) is 0 Å². The van der Waals surface area contributed by atoms with Crippen LogP contribution in [-0.2, 0) is 12.6 Å². The Labute approximate surface area is 113 Å². The minimum Gasteiger partial charge on any atom is -0.303 e. The summed E-state index contributed by atoms with van der Waals surface area (Å²) in [4.78, 5) is 16.5. The molecule has 0 atom stereocenters. The minimum absolute atomic E-state index is 0.0269. The van der Waals surface area contributed by atoms with Crippen molar-refractivity contribution in [1.82, 2.24) is 9.97 Å². The number of hydrogen-bond donors (Lipinski definition) is 1. The average Bonchev–Trinajstić information content (AvgIpc) is 2.38. The van der Waals surface area contributed by atoms with E-state index in [4.69, 9.17) is 0 Å². The number of H-pyrrole nitrogens is 1. The van der Waals surface area contributed by atoms with Gasteiger partial charge in [0, 0.05) is 11.6 Å². The fraction of sp³-hybridized carbons (Fsp3) is 0.286. The number of rotatable bonds is 3. The highest BCUT2D eigenvalue weighted by molar-refractivity contribution is 5.59. The van der Waals surface area contributed by atoms with E-state index in [2.05, 4.69) is 4.98 Å². The van der Waals surface area contributed by atoms with Gasteiger partial charge in [-0.15, -0.1) is 0 Å². The number of aromatic nitrogens is 2. The Bertz CT molecular complexity index is 662. The van der Waals surface area contributed by atoms with Gasteiger partial charge in [0.15, 0.2) is 0 Å². The smallest absolute Gasteiger partial charge is 0.303 e. The van der Waals surface area contributed by atoms with Crippen LogP contribution in [0.4, 0.5) is 13.2 Å². The molecule has 1 heterocycles. The molecule has 0 unspecified atom stereocenters. The van der Waals surface area contributed by atoms with E-state index in [1.165, 1.54) is 0 Å². The molecule has 3 nitrogen and oxygen atoms in total. The van der Waals surface area contributed by atoms with Crippen molar-refractivity contribution in [3.05, 3.63) is 52.1 Å². The maximum atomic E-state index is 12.6. The summed E-state index contributed by atoms with van der Waals surface area (Å²) in [6, 6.07) is 8.11. The fourth-order valence-electron chi connectivity index (χ4n) is 1.91. The van der Waals surface area contributed by atoms with E-state index in [1.54, 1.807) is 23.2 Å². The van der Waals surface area contributed by atoms with Crippen LogP contribution in [0.1, 0.15) is 24.7 Å². The summed E-state index contributed by atoms with van der Waals surface area (Å²) in [7, 11) is 0. The number of nitrogens with zero attached hydrogens (tertiary/aromatic N) is 1. The SMILES string of the molecule is CCCc1cccc(-c2cc(=O)[nH]c(C(F)(F)F)n2)c1. The second kappa shape index (κ2) is 5.48. The van der Waals surface area contributed by atoms with Gasteiger partial charge < -0.3 is 4.98 Å². The van der Waals surface area contributed by atoms with E-state index in [-0.39, 0.29) is 5.69 Å². The number of aromatic amines is 1. The van der Waals surface area contributed by atoms with E-state index >= 15 is 0 Å². The number of nitrogens with one attached hydrogen (secondary N) is 1. The van der Waals surface area contributed by atoms with Crippen molar-refractivity contribution in [2.24, 2.45) is 0 Å². The highest BCUT2D eigenvalue weighted by Gasteiger charge is 2.34. The first-order valence-electron chi connectivity index (χ1n) is 6.18. The highest BCUT2D eigenvalue weighted by Crippen LogP contribution is 2.27. The van der Waals surface area contributed by atoms with Crippen LogP contribution in [0.5, 0.6) is 0 Å². The summed E-state index contributed by atoms with van der Waals surface area (Å²) in [5.74, 6) is -1.28. The molecule has 106 valence electrons. The molecular weight excluding hydrogens is 269 g/mol. The Balaban J connectivity index is 2.50. The monoisotopic (exact) mass is 282 g/mol. The lowest BCUT2D eigenvalue weighted by molar-refractivity contribution is -0.145. The zero-order chi connectivity index (χ0) is 14.8. The summed E-state index contributed by atoms with van der Waals surface area (Å²) in [6.07, 6.45) is -2.92. The zero-order valence-electron chi connectivity index (χ0n) is 10.8. The van der Waals surface area contributed by atoms with Gasteiger partial charge in [-0.05, 0) is 18.1 Å². The molecule has 0 amide bonds. The molecule has 1 aromatic heterocycles. The van der Waals surface area contributed by atoms with Crippen molar-refractivity contribution >= 4 is 0 Å². The summed E-state index contributed by atoms with van der Waals surface area (Å²) >= 11 is 0. The Hall–Kier alpha value is -2.11. The largest absolute Gasteiger partial charge is 0.449 e. The van der Waals surface area contributed by atoms with Crippen molar-refractivity contribution in [1.29, 1.82) is 0 Å². The van der Waals surface area contributed by atoms with Crippen LogP contribution in [0.15, 0.2) is 35.1 Å². The van der Waals surface area contributed by atoms with Gasteiger partial charge in [-0.2, -0.15) is 13.2 Å². The first-order chi connectivity index (χ1) is 9.40. The van der Waals surface area contributed by atoms with Crippen molar-refractivity contribution < 1.29 is 13.2 Å². The third-order valence-corrected chi connectivity index (χ3v) is 2.77. The predicted octanol–water partition coefficient (Wildman–Crippen LogP) is 3.41. The molecule has 2 aromatic rings. The van der Waals surface area contributed by atoms with Gasteiger partial charge in [-0.3, -0.25) is 4.79 Å². The van der Waals surface area contributed by atoms with Crippen LogP contribution in [0.25, 0.3) is 11.3 Å². The molecule has 0 aliphatic rings. The quantitative estimate of drug-likeness (QED) is 0.937. The Kier molecular flexibility index (Phi) is 3.92. The number of alkyl halides is 3. The average molecular weight is 282 g/mol. The van der Waals surface area contributed by atoms with Crippen molar-refractivity contribution in [2.75, 3.05) is 0 Å². The minimum atomic E-state index is -4.67. The third kappa shape index (κ3) is 3.26. The Morgan fingerprint density at radius 3 is 2.65 bits per heavy atom. The third-order valence-electron chi connectivity index (χ3n) is 2.77. The molecule has 6 heteroatoms. The van der Waals surface area contributed by atoms with E-state index in [1.807, 2.05) is 13.0 Å². The van der Waals surface area contributed by atoms with Crippen LogP contribution in [-0.4, -0.2) is 9.97 Å². The topological polar surface area (TPSA) is 45.8 Å². The van der Waals surface area contributed by atoms with Crippen LogP contribution >= 0.6 is 0 Å². The summed E-state index contributed by atoms with van der Waals surface area (Å²) in [5, 5.41) is 0. The Morgan fingerprint density at radius 2 is 2.00 bits per heavy atom. The zero-order valence-corrected chi connectivity index (χ0v) is 10.8. The number of benzene rings is 1. The molecule has 0 aliphatic heterocycles. The fourth-order valence-corrected chi connectivity index (χ4v) is 1.91. The molecular formula is C14H13F3N2O. The van der Waals surface area contributed by atoms with E-state index in [0.29, 0.717) is 5.56 Å². The van der Waals surface area contributed by atoms with Gasteiger partial charge in [0.25, 0.3) is 5.56 Å². The number of halogens is 3. The molecule has 1 N–H and O–H groups in total. The molecule has 1 aromatic carbocycles. The van der Waals surface area contributed by atoms with Crippen molar-refractivity contribution in [2.45, 2.75) is 25.9 Å². The number of hydrogen-bond acceptors (Lipinski definition) is 2. The Morgan fingerprint density at radius 1 is 1.25 bits per heavy atom. The second-order valence-electron chi connectivity index (χ2n) is 4.43.